The van der Waals surface area contributed by atoms with E-state index in [2.05, 4.69) is 32.2 Å². The number of rotatable bonds is 5. The van der Waals surface area contributed by atoms with Crippen LogP contribution in [0, 0.1) is 6.92 Å². The van der Waals surface area contributed by atoms with E-state index in [1.807, 2.05) is 18.2 Å². The summed E-state index contributed by atoms with van der Waals surface area (Å²) in [5.74, 6) is 0.891. The standard InChI is InChI=1S/C16H19Cl2NOS/c1-9-5-6-14(20-4)12(7-9)10(2)19-11(3)13-8-15(17)21-16(13)18/h5-8,10-11,19H,1-4H3. The molecule has 2 rings (SSSR count). The highest BCUT2D eigenvalue weighted by atomic mass is 35.5. The molecule has 2 nitrogen and oxygen atoms in total. The van der Waals surface area contributed by atoms with Gasteiger partial charge in [-0.05, 0) is 38.5 Å². The van der Waals surface area contributed by atoms with Gasteiger partial charge in [0.1, 0.15) is 5.75 Å². The average Bonchev–Trinajstić information content (AvgIpc) is 2.77. The second kappa shape index (κ2) is 7.01. The summed E-state index contributed by atoms with van der Waals surface area (Å²) >= 11 is 13.6. The molecule has 1 heterocycles. The molecule has 0 bridgehead atoms. The SMILES string of the molecule is COc1ccc(C)cc1C(C)NC(C)c1cc(Cl)sc1Cl. The van der Waals surface area contributed by atoms with Gasteiger partial charge in [0.05, 0.1) is 15.8 Å². The number of nitrogens with one attached hydrogen (secondary N) is 1. The topological polar surface area (TPSA) is 21.3 Å². The van der Waals surface area contributed by atoms with Crippen molar-refractivity contribution in [2.45, 2.75) is 32.9 Å². The zero-order valence-electron chi connectivity index (χ0n) is 12.5. The summed E-state index contributed by atoms with van der Waals surface area (Å²) in [7, 11) is 1.69. The van der Waals surface area contributed by atoms with E-state index in [0.717, 1.165) is 21.2 Å². The highest BCUT2D eigenvalue weighted by Gasteiger charge is 2.18. The lowest BCUT2D eigenvalue weighted by atomic mass is 10.0. The molecule has 1 aromatic carbocycles. The summed E-state index contributed by atoms with van der Waals surface area (Å²) in [5.41, 5.74) is 3.38. The number of halogens is 2. The Kier molecular flexibility index (Phi) is 5.55. The van der Waals surface area contributed by atoms with Crippen molar-refractivity contribution in [3.8, 4) is 5.75 Å². The normalized spacial score (nSPS) is 14.0. The van der Waals surface area contributed by atoms with Crippen molar-refractivity contribution < 1.29 is 4.74 Å². The minimum Gasteiger partial charge on any atom is -0.496 e. The molecule has 0 aliphatic carbocycles. The van der Waals surface area contributed by atoms with Crippen LogP contribution in [0.1, 0.15) is 42.6 Å². The Morgan fingerprint density at radius 2 is 1.76 bits per heavy atom. The molecule has 5 heteroatoms. The molecule has 1 aromatic heterocycles. The molecule has 0 saturated carbocycles. The summed E-state index contributed by atoms with van der Waals surface area (Å²) in [4.78, 5) is 0. The largest absolute Gasteiger partial charge is 0.496 e. The number of hydrogen-bond acceptors (Lipinski definition) is 3. The van der Waals surface area contributed by atoms with Crippen molar-refractivity contribution in [1.82, 2.24) is 5.32 Å². The summed E-state index contributed by atoms with van der Waals surface area (Å²) in [5, 5.41) is 3.55. The van der Waals surface area contributed by atoms with Gasteiger partial charge in [0, 0.05) is 17.6 Å². The minimum atomic E-state index is 0.112. The molecule has 0 aliphatic rings. The van der Waals surface area contributed by atoms with Crippen LogP contribution in [-0.4, -0.2) is 7.11 Å². The number of methoxy groups -OCH3 is 1. The van der Waals surface area contributed by atoms with Crippen LogP contribution >= 0.6 is 34.5 Å². The average molecular weight is 344 g/mol. The molecule has 114 valence electrons. The molecule has 2 unspecified atom stereocenters. The van der Waals surface area contributed by atoms with E-state index in [4.69, 9.17) is 27.9 Å². The van der Waals surface area contributed by atoms with Crippen LogP contribution in [0.3, 0.4) is 0 Å². The Morgan fingerprint density at radius 3 is 2.33 bits per heavy atom. The highest BCUT2D eigenvalue weighted by Crippen LogP contribution is 2.36. The van der Waals surface area contributed by atoms with Gasteiger partial charge >= 0.3 is 0 Å². The fraction of sp³-hybridized carbons (Fsp3) is 0.375. The van der Waals surface area contributed by atoms with Crippen molar-refractivity contribution in [3.05, 3.63) is 49.6 Å². The first kappa shape index (κ1) is 16.6. The third-order valence-electron chi connectivity index (χ3n) is 3.50. The summed E-state index contributed by atoms with van der Waals surface area (Å²) in [6.07, 6.45) is 0. The van der Waals surface area contributed by atoms with Gasteiger partial charge in [0.2, 0.25) is 0 Å². The van der Waals surface area contributed by atoms with Crippen LogP contribution < -0.4 is 10.1 Å². The number of ether oxygens (including phenoxy) is 1. The maximum Gasteiger partial charge on any atom is 0.123 e. The Morgan fingerprint density at radius 1 is 1.10 bits per heavy atom. The molecule has 0 aliphatic heterocycles. The zero-order chi connectivity index (χ0) is 15.6. The van der Waals surface area contributed by atoms with Crippen molar-refractivity contribution in [1.29, 1.82) is 0 Å². The molecule has 0 radical (unpaired) electrons. The third kappa shape index (κ3) is 3.92. The Labute approximate surface area is 140 Å². The zero-order valence-corrected chi connectivity index (χ0v) is 14.9. The van der Waals surface area contributed by atoms with Gasteiger partial charge in [-0.2, -0.15) is 0 Å². The molecule has 1 N–H and O–H groups in total. The van der Waals surface area contributed by atoms with Crippen LogP contribution in [0.25, 0.3) is 0 Å². The van der Waals surface area contributed by atoms with Gasteiger partial charge in [-0.25, -0.2) is 0 Å². The van der Waals surface area contributed by atoms with Crippen LogP contribution in [-0.2, 0) is 0 Å². The third-order valence-corrected chi connectivity index (χ3v) is 5.02. The van der Waals surface area contributed by atoms with E-state index in [1.54, 1.807) is 7.11 Å². The lowest BCUT2D eigenvalue weighted by Crippen LogP contribution is -2.22. The predicted molar refractivity (Wildman–Crippen MR) is 92.0 cm³/mol. The maximum absolute atomic E-state index is 6.22. The molecule has 2 atom stereocenters. The molecular weight excluding hydrogens is 325 g/mol. The smallest absolute Gasteiger partial charge is 0.123 e. The maximum atomic E-state index is 6.22. The van der Waals surface area contributed by atoms with Crippen molar-refractivity contribution >= 4 is 34.5 Å². The van der Waals surface area contributed by atoms with Gasteiger partial charge in [0.15, 0.2) is 0 Å². The Bertz CT molecular complexity index is 627. The van der Waals surface area contributed by atoms with E-state index in [-0.39, 0.29) is 12.1 Å². The predicted octanol–water partition coefficient (Wildman–Crippen LogP) is 5.78. The molecule has 0 spiro atoms. The van der Waals surface area contributed by atoms with Crippen molar-refractivity contribution in [3.63, 3.8) is 0 Å². The molecule has 2 aromatic rings. The quantitative estimate of drug-likeness (QED) is 0.742. The van der Waals surface area contributed by atoms with E-state index >= 15 is 0 Å². The monoisotopic (exact) mass is 343 g/mol. The summed E-state index contributed by atoms with van der Waals surface area (Å²) in [6, 6.07) is 8.37. The number of aryl methyl sites for hydroxylation is 1. The van der Waals surface area contributed by atoms with E-state index < -0.39 is 0 Å². The van der Waals surface area contributed by atoms with Gasteiger partial charge in [-0.15, -0.1) is 11.3 Å². The van der Waals surface area contributed by atoms with Crippen LogP contribution in [0.2, 0.25) is 8.67 Å². The molecule has 0 amide bonds. The lowest BCUT2D eigenvalue weighted by Gasteiger charge is -2.22. The first-order valence-corrected chi connectivity index (χ1v) is 8.35. The van der Waals surface area contributed by atoms with Crippen LogP contribution in [0.15, 0.2) is 24.3 Å². The second-order valence-electron chi connectivity index (χ2n) is 5.14. The van der Waals surface area contributed by atoms with E-state index in [1.165, 1.54) is 16.9 Å². The van der Waals surface area contributed by atoms with Gasteiger partial charge < -0.3 is 10.1 Å². The summed E-state index contributed by atoms with van der Waals surface area (Å²) < 4.78 is 6.90. The Balaban J connectivity index is 2.19. The highest BCUT2D eigenvalue weighted by molar-refractivity contribution is 7.20. The number of thiophene rings is 1. The van der Waals surface area contributed by atoms with Crippen molar-refractivity contribution in [2.24, 2.45) is 0 Å². The number of benzene rings is 1. The first-order chi connectivity index (χ1) is 9.92. The summed E-state index contributed by atoms with van der Waals surface area (Å²) in [6.45, 7) is 6.29. The van der Waals surface area contributed by atoms with Gasteiger partial charge in [-0.1, -0.05) is 40.9 Å². The van der Waals surface area contributed by atoms with E-state index in [0.29, 0.717) is 4.34 Å². The molecule has 0 saturated heterocycles. The van der Waals surface area contributed by atoms with Crippen LogP contribution in [0.5, 0.6) is 5.75 Å². The van der Waals surface area contributed by atoms with Gasteiger partial charge in [0.25, 0.3) is 0 Å². The first-order valence-electron chi connectivity index (χ1n) is 6.77. The molecule has 21 heavy (non-hydrogen) atoms. The minimum absolute atomic E-state index is 0.112. The second-order valence-corrected chi connectivity index (χ2v) is 7.42. The van der Waals surface area contributed by atoms with Gasteiger partial charge in [-0.3, -0.25) is 0 Å². The molecule has 0 fully saturated rings. The van der Waals surface area contributed by atoms with Crippen LogP contribution in [0.4, 0.5) is 0 Å². The van der Waals surface area contributed by atoms with Crippen molar-refractivity contribution in [2.75, 3.05) is 7.11 Å². The molecular formula is C16H19Cl2NOS. The Hall–Kier alpha value is -0.740. The fourth-order valence-corrected chi connectivity index (χ4v) is 4.04. The fourth-order valence-electron chi connectivity index (χ4n) is 2.39. The van der Waals surface area contributed by atoms with E-state index in [9.17, 15) is 0 Å². The number of hydrogen-bond donors (Lipinski definition) is 1. The lowest BCUT2D eigenvalue weighted by molar-refractivity contribution is 0.396.